The van der Waals surface area contributed by atoms with Gasteiger partial charge in [-0.05, 0) is 42.8 Å². The van der Waals surface area contributed by atoms with E-state index >= 15 is 0 Å². The minimum absolute atomic E-state index is 0.0113. The second-order valence-electron chi connectivity index (χ2n) is 5.70. The highest BCUT2D eigenvalue weighted by atomic mass is 79.9. The number of carboxylic acid groups (broad SMARTS) is 1. The highest BCUT2D eigenvalue weighted by Gasteiger charge is 2.27. The largest absolute Gasteiger partial charge is 0.465 e. The van der Waals surface area contributed by atoms with Gasteiger partial charge in [0.15, 0.2) is 0 Å². The zero-order chi connectivity index (χ0) is 20.3. The lowest BCUT2D eigenvalue weighted by atomic mass is 10.1. The van der Waals surface area contributed by atoms with Crippen LogP contribution in [0.1, 0.15) is 4.88 Å². The van der Waals surface area contributed by atoms with Gasteiger partial charge in [-0.1, -0.05) is 22.0 Å². The van der Waals surface area contributed by atoms with E-state index in [1.54, 1.807) is 18.2 Å². The number of hydrogen-bond donors (Lipinski definition) is 2. The molecule has 0 unspecified atom stereocenters. The van der Waals surface area contributed by atoms with E-state index in [1.807, 2.05) is 0 Å². The van der Waals surface area contributed by atoms with E-state index in [1.165, 1.54) is 30.5 Å². The molecule has 2 N–H and O–H groups in total. The molecule has 146 valence electrons. The van der Waals surface area contributed by atoms with Gasteiger partial charge in [-0.3, -0.25) is 0 Å². The Hall–Kier alpha value is -2.30. The van der Waals surface area contributed by atoms with Crippen molar-refractivity contribution in [2.75, 3.05) is 6.54 Å². The number of nitrogens with zero attached hydrogens (tertiary/aromatic N) is 1. The highest BCUT2D eigenvalue weighted by molar-refractivity contribution is 9.10. The molecular formula is C18H14BrFN2O4S2. The van der Waals surface area contributed by atoms with Crippen molar-refractivity contribution in [1.29, 1.82) is 0 Å². The monoisotopic (exact) mass is 484 g/mol. The normalized spacial score (nSPS) is 11.4. The summed E-state index contributed by atoms with van der Waals surface area (Å²) in [6.45, 7) is 0.112. The lowest BCUT2D eigenvalue weighted by Gasteiger charge is -2.07. The smallest absolute Gasteiger partial charge is 0.404 e. The maximum Gasteiger partial charge on any atom is 0.404 e. The number of hydrogen-bond acceptors (Lipinski definition) is 5. The number of carbonyl (C=O) groups is 1. The summed E-state index contributed by atoms with van der Waals surface area (Å²) in [7, 11) is -3.92. The zero-order valence-corrected chi connectivity index (χ0v) is 17.4. The summed E-state index contributed by atoms with van der Waals surface area (Å²) in [6.07, 6.45) is 0.391. The molecule has 1 aromatic carbocycles. The van der Waals surface area contributed by atoms with Gasteiger partial charge in [0.05, 0.1) is 4.90 Å². The predicted molar refractivity (Wildman–Crippen MR) is 107 cm³/mol. The lowest BCUT2D eigenvalue weighted by Crippen LogP contribution is -2.22. The van der Waals surface area contributed by atoms with Gasteiger partial charge in [0.25, 0.3) is 0 Å². The van der Waals surface area contributed by atoms with Crippen LogP contribution in [0.15, 0.2) is 62.2 Å². The molecule has 0 aliphatic carbocycles. The van der Waals surface area contributed by atoms with E-state index in [4.69, 9.17) is 5.11 Å². The zero-order valence-electron chi connectivity index (χ0n) is 14.2. The Morgan fingerprint density at radius 3 is 2.68 bits per heavy atom. The van der Waals surface area contributed by atoms with Gasteiger partial charge in [0, 0.05) is 33.2 Å². The van der Waals surface area contributed by atoms with Crippen molar-refractivity contribution >= 4 is 43.2 Å². The molecule has 3 aromatic rings. The molecule has 28 heavy (non-hydrogen) atoms. The summed E-state index contributed by atoms with van der Waals surface area (Å²) in [5.74, 6) is -0.777. The second kappa shape index (κ2) is 8.38. The molecule has 0 saturated carbocycles. The van der Waals surface area contributed by atoms with Gasteiger partial charge >= 0.3 is 6.09 Å². The Balaban J connectivity index is 2.11. The number of amides is 1. The van der Waals surface area contributed by atoms with E-state index in [-0.39, 0.29) is 33.2 Å². The summed E-state index contributed by atoms with van der Waals surface area (Å²) >= 11 is 4.25. The van der Waals surface area contributed by atoms with Crippen molar-refractivity contribution in [2.45, 2.75) is 15.5 Å². The highest BCUT2D eigenvalue weighted by Crippen LogP contribution is 2.39. The van der Waals surface area contributed by atoms with Crippen molar-refractivity contribution < 1.29 is 22.7 Å². The molecule has 6 nitrogen and oxygen atoms in total. The maximum absolute atomic E-state index is 14.3. The number of thiophene rings is 1. The average Bonchev–Trinajstić information content (AvgIpc) is 3.06. The molecule has 0 fully saturated rings. The first kappa shape index (κ1) is 20.4. The molecule has 0 radical (unpaired) electrons. The van der Waals surface area contributed by atoms with Crippen LogP contribution in [0.5, 0.6) is 0 Å². The van der Waals surface area contributed by atoms with Gasteiger partial charge in [-0.15, -0.1) is 11.3 Å². The Labute approximate surface area is 173 Å². The minimum Gasteiger partial charge on any atom is -0.465 e. The van der Waals surface area contributed by atoms with Crippen molar-refractivity contribution in [3.8, 4) is 11.1 Å². The molecule has 0 spiro atoms. The topological polar surface area (TPSA) is 96.4 Å². The van der Waals surface area contributed by atoms with E-state index in [2.05, 4.69) is 26.2 Å². The van der Waals surface area contributed by atoms with Gasteiger partial charge in [-0.2, -0.15) is 4.39 Å². The Bertz CT molecular complexity index is 1130. The first-order valence-electron chi connectivity index (χ1n) is 8.00. The van der Waals surface area contributed by atoms with Crippen LogP contribution in [0.3, 0.4) is 0 Å². The number of benzene rings is 1. The summed E-state index contributed by atoms with van der Waals surface area (Å²) in [5, 5.41) is 10.9. The van der Waals surface area contributed by atoms with Crippen LogP contribution in [-0.4, -0.2) is 31.1 Å². The fourth-order valence-electron chi connectivity index (χ4n) is 2.55. The first-order chi connectivity index (χ1) is 13.3. The molecule has 10 heteroatoms. The van der Waals surface area contributed by atoms with Gasteiger partial charge in [0.2, 0.25) is 15.8 Å². The van der Waals surface area contributed by atoms with E-state index in [9.17, 15) is 17.6 Å². The number of halogens is 2. The van der Waals surface area contributed by atoms with E-state index < -0.39 is 21.9 Å². The number of sulfone groups is 1. The molecule has 0 saturated heterocycles. The van der Waals surface area contributed by atoms with Crippen LogP contribution in [-0.2, 0) is 16.3 Å². The second-order valence-corrected chi connectivity index (χ2v) is 9.90. The average molecular weight is 485 g/mol. The molecule has 2 aromatic heterocycles. The SMILES string of the molecule is O=C(O)NCCc1cc(-c2cccnc2F)c(S(=O)(=O)c2cccc(Br)c2)s1. The van der Waals surface area contributed by atoms with Crippen LogP contribution in [0.4, 0.5) is 9.18 Å². The molecule has 0 aliphatic rings. The van der Waals surface area contributed by atoms with E-state index in [0.717, 1.165) is 11.3 Å². The molecule has 2 heterocycles. The molecule has 0 aliphatic heterocycles. The van der Waals surface area contributed by atoms with Crippen molar-refractivity contribution in [1.82, 2.24) is 10.3 Å². The third-order valence-electron chi connectivity index (χ3n) is 3.80. The third-order valence-corrected chi connectivity index (χ3v) is 7.77. The van der Waals surface area contributed by atoms with Crippen molar-refractivity contribution in [3.05, 3.63) is 64.0 Å². The Kier molecular flexibility index (Phi) is 6.11. The first-order valence-corrected chi connectivity index (χ1v) is 11.1. The van der Waals surface area contributed by atoms with Crippen molar-refractivity contribution in [3.63, 3.8) is 0 Å². The van der Waals surface area contributed by atoms with Crippen LogP contribution >= 0.6 is 27.3 Å². The quantitative estimate of drug-likeness (QED) is 0.506. The molecular weight excluding hydrogens is 471 g/mol. The van der Waals surface area contributed by atoms with Gasteiger partial charge in [-0.25, -0.2) is 18.2 Å². The van der Waals surface area contributed by atoms with Crippen LogP contribution < -0.4 is 5.32 Å². The Morgan fingerprint density at radius 2 is 2.00 bits per heavy atom. The number of pyridine rings is 1. The van der Waals surface area contributed by atoms with Crippen LogP contribution in [0, 0.1) is 5.95 Å². The summed E-state index contributed by atoms with van der Waals surface area (Å²) in [5.41, 5.74) is 0.283. The van der Waals surface area contributed by atoms with E-state index in [0.29, 0.717) is 9.35 Å². The molecule has 0 atom stereocenters. The third kappa shape index (κ3) is 4.40. The van der Waals surface area contributed by atoms with Crippen LogP contribution in [0.2, 0.25) is 0 Å². The fraction of sp³-hybridized carbons (Fsp3) is 0.111. The van der Waals surface area contributed by atoms with Crippen molar-refractivity contribution in [2.24, 2.45) is 0 Å². The number of rotatable bonds is 6. The molecule has 1 amide bonds. The summed E-state index contributed by atoms with van der Waals surface area (Å²) < 4.78 is 41.3. The number of nitrogens with one attached hydrogen (secondary N) is 1. The minimum atomic E-state index is -3.92. The lowest BCUT2D eigenvalue weighted by molar-refractivity contribution is 0.194. The fourth-order valence-corrected chi connectivity index (χ4v) is 6.26. The Morgan fingerprint density at radius 1 is 1.21 bits per heavy atom. The number of aromatic nitrogens is 1. The predicted octanol–water partition coefficient (Wildman–Crippen LogP) is 4.35. The van der Waals surface area contributed by atoms with Gasteiger partial charge < -0.3 is 10.4 Å². The molecule has 0 bridgehead atoms. The molecule has 3 rings (SSSR count). The summed E-state index contributed by atoms with van der Waals surface area (Å²) in [4.78, 5) is 14.9. The van der Waals surface area contributed by atoms with Crippen LogP contribution in [0.25, 0.3) is 11.1 Å². The maximum atomic E-state index is 14.3. The summed E-state index contributed by atoms with van der Waals surface area (Å²) in [6, 6.07) is 10.8. The standard InChI is InChI=1S/C18H14BrFN2O4S2/c19-11-3-1-4-13(9-11)28(25,26)17-15(14-5-2-7-21-16(14)20)10-12(27-17)6-8-22-18(23)24/h1-5,7,9-10,22H,6,8H2,(H,23,24). The van der Waals surface area contributed by atoms with Gasteiger partial charge in [0.1, 0.15) is 4.21 Å².